The maximum atomic E-state index is 13.0. The molecule has 4 N–H and O–H groups in total. The lowest BCUT2D eigenvalue weighted by Crippen LogP contribution is -2.34. The van der Waals surface area contributed by atoms with Gasteiger partial charge in [-0.3, -0.25) is 9.59 Å². The summed E-state index contributed by atoms with van der Waals surface area (Å²) in [4.78, 5) is 25.6. The van der Waals surface area contributed by atoms with Crippen LogP contribution in [0, 0.1) is 23.7 Å². The molecular formula is C25H31NO5. The Kier molecular flexibility index (Phi) is 7.01. The van der Waals surface area contributed by atoms with E-state index in [1.807, 2.05) is 6.92 Å². The van der Waals surface area contributed by atoms with Crippen LogP contribution < -0.4 is 5.32 Å². The molecule has 1 aliphatic heterocycles. The van der Waals surface area contributed by atoms with Gasteiger partial charge in [-0.15, -0.1) is 0 Å². The minimum absolute atomic E-state index is 0.0551. The predicted molar refractivity (Wildman–Crippen MR) is 118 cm³/mol. The van der Waals surface area contributed by atoms with Crippen molar-refractivity contribution in [2.45, 2.75) is 39.2 Å². The van der Waals surface area contributed by atoms with Crippen molar-refractivity contribution in [2.24, 2.45) is 23.7 Å². The Balaban J connectivity index is 0.00000132. The number of aromatic hydroxyl groups is 1. The summed E-state index contributed by atoms with van der Waals surface area (Å²) in [5, 5.41) is 30.3. The smallest absolute Gasteiger partial charge is 0.259 e. The van der Waals surface area contributed by atoms with Crippen LogP contribution in [0.15, 0.2) is 59.4 Å². The molecule has 3 aliphatic rings. The molecule has 6 nitrogen and oxygen atoms in total. The Morgan fingerprint density at radius 3 is 2.48 bits per heavy atom. The summed E-state index contributed by atoms with van der Waals surface area (Å²) in [6.45, 7) is 4.15. The van der Waals surface area contributed by atoms with Crippen molar-refractivity contribution in [3.05, 3.63) is 65.0 Å². The summed E-state index contributed by atoms with van der Waals surface area (Å²) < 4.78 is 0. The van der Waals surface area contributed by atoms with Crippen LogP contribution in [0.25, 0.3) is 0 Å². The molecule has 4 rings (SSSR count). The van der Waals surface area contributed by atoms with Gasteiger partial charge in [0.15, 0.2) is 5.78 Å². The molecule has 1 aromatic carbocycles. The van der Waals surface area contributed by atoms with Gasteiger partial charge in [-0.1, -0.05) is 42.9 Å². The first kappa shape index (κ1) is 22.8. The highest BCUT2D eigenvalue weighted by molar-refractivity contribution is 6.27. The third kappa shape index (κ3) is 4.59. The lowest BCUT2D eigenvalue weighted by molar-refractivity contribution is -0.117. The van der Waals surface area contributed by atoms with E-state index in [0.29, 0.717) is 12.3 Å². The number of ketones is 1. The van der Waals surface area contributed by atoms with Crippen molar-refractivity contribution in [3.8, 4) is 5.75 Å². The molecule has 1 amide bonds. The summed E-state index contributed by atoms with van der Waals surface area (Å²) in [5.74, 6) is -0.378. The van der Waals surface area contributed by atoms with Crippen LogP contribution in [0.5, 0.6) is 5.75 Å². The summed E-state index contributed by atoms with van der Waals surface area (Å²) in [6, 6.07) is 5.87. The van der Waals surface area contributed by atoms with Crippen LogP contribution in [0.1, 0.15) is 32.3 Å². The number of carbonyl (C=O) groups is 2. The highest BCUT2D eigenvalue weighted by atomic mass is 16.3. The van der Waals surface area contributed by atoms with Crippen LogP contribution >= 0.6 is 0 Å². The third-order valence-electron chi connectivity index (χ3n) is 6.58. The number of carbonyl (C=O) groups excluding carboxylic acids is 2. The van der Waals surface area contributed by atoms with Gasteiger partial charge in [0, 0.05) is 19.4 Å². The number of aliphatic hydroxyl groups excluding tert-OH is 2. The SMILES string of the molecule is CC1=CC[C@@H]2[C@@H](/C(O)=C3/C(=O)N[C@@H](Cc4ccc(O)cc4)C3=O)[C@@H](C)C=C[C@H]2C1.CO. The van der Waals surface area contributed by atoms with Crippen LogP contribution in [-0.4, -0.2) is 40.2 Å². The average molecular weight is 426 g/mol. The molecule has 0 spiro atoms. The van der Waals surface area contributed by atoms with E-state index >= 15 is 0 Å². The normalized spacial score (nSPS) is 31.2. The van der Waals surface area contributed by atoms with Crippen LogP contribution in [0.3, 0.4) is 0 Å². The third-order valence-corrected chi connectivity index (χ3v) is 6.58. The number of hydrogen-bond acceptors (Lipinski definition) is 5. The molecular weight excluding hydrogens is 394 g/mol. The molecule has 0 bridgehead atoms. The lowest BCUT2D eigenvalue weighted by Gasteiger charge is -2.40. The zero-order valence-corrected chi connectivity index (χ0v) is 18.2. The van der Waals surface area contributed by atoms with E-state index in [1.165, 1.54) is 5.57 Å². The van der Waals surface area contributed by atoms with Crippen LogP contribution in [-0.2, 0) is 16.0 Å². The van der Waals surface area contributed by atoms with Gasteiger partial charge < -0.3 is 20.6 Å². The molecule has 1 fully saturated rings. The fraction of sp³-hybridized carbons (Fsp3) is 0.440. The molecule has 31 heavy (non-hydrogen) atoms. The van der Waals surface area contributed by atoms with E-state index in [2.05, 4.69) is 30.5 Å². The quantitative estimate of drug-likeness (QED) is 0.257. The maximum absolute atomic E-state index is 13.0. The van der Waals surface area contributed by atoms with Gasteiger partial charge in [-0.25, -0.2) is 0 Å². The molecule has 0 aromatic heterocycles. The second-order valence-corrected chi connectivity index (χ2v) is 8.61. The lowest BCUT2D eigenvalue weighted by atomic mass is 9.64. The number of benzene rings is 1. The molecule has 166 valence electrons. The molecule has 1 saturated heterocycles. The number of Topliss-reactive ketones (excluding diaryl/α,β-unsaturated/α-hetero) is 1. The Morgan fingerprint density at radius 1 is 1.13 bits per heavy atom. The number of nitrogens with one attached hydrogen (secondary N) is 1. The number of phenols is 1. The molecule has 5 atom stereocenters. The number of aliphatic hydroxyl groups is 2. The Hall–Kier alpha value is -2.86. The zero-order chi connectivity index (χ0) is 22.7. The van der Waals surface area contributed by atoms with Crippen molar-refractivity contribution in [1.29, 1.82) is 0 Å². The van der Waals surface area contributed by atoms with Gasteiger partial charge in [0.05, 0.1) is 6.04 Å². The highest BCUT2D eigenvalue weighted by Gasteiger charge is 2.44. The van der Waals surface area contributed by atoms with E-state index in [4.69, 9.17) is 5.11 Å². The van der Waals surface area contributed by atoms with Gasteiger partial charge in [0.1, 0.15) is 17.1 Å². The Labute approximate surface area is 183 Å². The fourth-order valence-electron chi connectivity index (χ4n) is 5.02. The van der Waals surface area contributed by atoms with Gasteiger partial charge >= 0.3 is 0 Å². The highest BCUT2D eigenvalue weighted by Crippen LogP contribution is 2.45. The second-order valence-electron chi connectivity index (χ2n) is 8.61. The molecule has 6 heteroatoms. The van der Waals surface area contributed by atoms with Crippen molar-refractivity contribution in [1.82, 2.24) is 5.32 Å². The Morgan fingerprint density at radius 2 is 1.81 bits per heavy atom. The largest absolute Gasteiger partial charge is 0.511 e. The van der Waals surface area contributed by atoms with E-state index in [0.717, 1.165) is 25.5 Å². The fourth-order valence-corrected chi connectivity index (χ4v) is 5.02. The summed E-state index contributed by atoms with van der Waals surface area (Å²) in [7, 11) is 1.00. The monoisotopic (exact) mass is 425 g/mol. The minimum Gasteiger partial charge on any atom is -0.511 e. The van der Waals surface area contributed by atoms with Gasteiger partial charge in [-0.05, 0) is 55.2 Å². The number of phenolic OH excluding ortho intramolecular Hbond substituents is 1. The van der Waals surface area contributed by atoms with Crippen molar-refractivity contribution < 1.29 is 24.9 Å². The Bertz CT molecular complexity index is 928. The molecule has 0 radical (unpaired) electrons. The average Bonchev–Trinajstić information content (AvgIpc) is 3.03. The van der Waals surface area contributed by atoms with Crippen molar-refractivity contribution in [2.75, 3.05) is 7.11 Å². The predicted octanol–water partition coefficient (Wildman–Crippen LogP) is 3.22. The standard InChI is InChI=1S/C24H27NO4.CH4O/c1-13-3-10-18-16(11-13)7-4-14(2)20(18)23(28)21-22(27)19(25-24(21)29)12-15-5-8-17(26)9-6-15;1-2/h3-9,14,16,18-20,26,28H,10-12H2,1-2H3,(H,25,29);2H,1H3/b23-21-;/t14-,16-,18-,19-,20-;/m0./s1. The van der Waals surface area contributed by atoms with E-state index in [9.17, 15) is 19.8 Å². The van der Waals surface area contributed by atoms with Gasteiger partial charge in [0.2, 0.25) is 0 Å². The van der Waals surface area contributed by atoms with E-state index in [1.54, 1.807) is 24.3 Å². The van der Waals surface area contributed by atoms with Crippen LogP contribution in [0.2, 0.25) is 0 Å². The van der Waals surface area contributed by atoms with E-state index < -0.39 is 11.9 Å². The molecule has 1 heterocycles. The maximum Gasteiger partial charge on any atom is 0.259 e. The summed E-state index contributed by atoms with van der Waals surface area (Å²) >= 11 is 0. The number of fused-ring (bicyclic) bond motifs is 1. The molecule has 0 unspecified atom stereocenters. The second kappa shape index (κ2) is 9.52. The topological polar surface area (TPSA) is 107 Å². The number of allylic oxidation sites excluding steroid dienone is 5. The van der Waals surface area contributed by atoms with Crippen LogP contribution in [0.4, 0.5) is 0 Å². The first-order valence-electron chi connectivity index (χ1n) is 10.7. The first-order valence-corrected chi connectivity index (χ1v) is 10.7. The van der Waals surface area contributed by atoms with Gasteiger partial charge in [0.25, 0.3) is 5.91 Å². The summed E-state index contributed by atoms with van der Waals surface area (Å²) in [6.07, 6.45) is 8.67. The summed E-state index contributed by atoms with van der Waals surface area (Å²) in [5.41, 5.74) is 2.11. The first-order chi connectivity index (χ1) is 14.8. The van der Waals surface area contributed by atoms with E-state index in [-0.39, 0.29) is 40.6 Å². The number of hydrogen-bond donors (Lipinski definition) is 4. The molecule has 0 saturated carbocycles. The number of rotatable bonds is 3. The minimum atomic E-state index is -0.692. The van der Waals surface area contributed by atoms with Crippen molar-refractivity contribution in [3.63, 3.8) is 0 Å². The zero-order valence-electron chi connectivity index (χ0n) is 18.2. The van der Waals surface area contributed by atoms with Gasteiger partial charge in [-0.2, -0.15) is 0 Å². The molecule has 1 aromatic rings. The number of amides is 1. The molecule has 2 aliphatic carbocycles. The van der Waals surface area contributed by atoms with Crippen molar-refractivity contribution >= 4 is 11.7 Å².